The maximum atomic E-state index is 12.6. The summed E-state index contributed by atoms with van der Waals surface area (Å²) in [6.07, 6.45) is -0.0861. The molecule has 0 saturated heterocycles. The quantitative estimate of drug-likeness (QED) is 0.476. The fourth-order valence-electron chi connectivity index (χ4n) is 4.09. The van der Waals surface area contributed by atoms with E-state index < -0.39 is 30.1 Å². The topological polar surface area (TPSA) is 129 Å². The number of carbonyl (C=O) groups excluding carboxylic acids is 2. The van der Waals surface area contributed by atoms with Gasteiger partial charge >= 0.3 is 12.1 Å². The molecule has 1 aliphatic carbocycles. The van der Waals surface area contributed by atoms with Crippen molar-refractivity contribution in [1.82, 2.24) is 10.6 Å². The van der Waals surface area contributed by atoms with Crippen LogP contribution in [0.25, 0.3) is 11.1 Å². The van der Waals surface area contributed by atoms with Crippen molar-refractivity contribution >= 4 is 18.0 Å². The number of carbonyl (C=O) groups is 3. The lowest BCUT2D eigenvalue weighted by molar-refractivity contribution is -0.137. The van der Waals surface area contributed by atoms with Gasteiger partial charge in [-0.05, 0) is 42.0 Å². The van der Waals surface area contributed by atoms with Crippen LogP contribution in [0.15, 0.2) is 48.5 Å². The summed E-state index contributed by atoms with van der Waals surface area (Å²) >= 11 is 0. The highest BCUT2D eigenvalue weighted by Crippen LogP contribution is 2.44. The van der Waals surface area contributed by atoms with E-state index >= 15 is 0 Å². The second kappa shape index (κ2) is 11.1. The van der Waals surface area contributed by atoms with Crippen molar-refractivity contribution in [2.75, 3.05) is 6.61 Å². The number of fused-ring (bicyclic) bond motifs is 3. The van der Waals surface area contributed by atoms with Gasteiger partial charge in [0.15, 0.2) is 0 Å². The molecule has 33 heavy (non-hydrogen) atoms. The first-order chi connectivity index (χ1) is 15.9. The molecule has 172 valence electrons. The SMILES string of the molecule is CC(CC(=O)O)NC(=O)C(CCCC#N)NC(=O)OCC1c2ccccc2-c2ccccc21. The monoisotopic (exact) mass is 449 g/mol. The summed E-state index contributed by atoms with van der Waals surface area (Å²) in [6.45, 7) is 1.69. The maximum absolute atomic E-state index is 12.6. The molecule has 8 nitrogen and oxygen atoms in total. The van der Waals surface area contributed by atoms with Gasteiger partial charge in [-0.1, -0.05) is 48.5 Å². The second-order valence-corrected chi connectivity index (χ2v) is 8.08. The average molecular weight is 450 g/mol. The van der Waals surface area contributed by atoms with Crippen molar-refractivity contribution in [2.24, 2.45) is 0 Å². The fourth-order valence-corrected chi connectivity index (χ4v) is 4.09. The zero-order valence-corrected chi connectivity index (χ0v) is 18.4. The van der Waals surface area contributed by atoms with Gasteiger partial charge in [-0.25, -0.2) is 4.79 Å². The first kappa shape index (κ1) is 23.8. The van der Waals surface area contributed by atoms with E-state index in [2.05, 4.69) is 10.6 Å². The number of ether oxygens (including phenoxy) is 1. The lowest BCUT2D eigenvalue weighted by Crippen LogP contribution is -2.49. The Balaban J connectivity index is 1.63. The highest BCUT2D eigenvalue weighted by atomic mass is 16.5. The van der Waals surface area contributed by atoms with E-state index in [1.807, 2.05) is 54.6 Å². The second-order valence-electron chi connectivity index (χ2n) is 8.08. The molecule has 2 atom stereocenters. The van der Waals surface area contributed by atoms with E-state index in [0.717, 1.165) is 22.3 Å². The van der Waals surface area contributed by atoms with Gasteiger partial charge in [0.2, 0.25) is 5.91 Å². The van der Waals surface area contributed by atoms with Crippen molar-refractivity contribution in [3.05, 3.63) is 59.7 Å². The fraction of sp³-hybridized carbons (Fsp3) is 0.360. The minimum atomic E-state index is -1.03. The van der Waals surface area contributed by atoms with E-state index in [4.69, 9.17) is 15.1 Å². The van der Waals surface area contributed by atoms with Crippen molar-refractivity contribution in [3.63, 3.8) is 0 Å². The van der Waals surface area contributed by atoms with Crippen molar-refractivity contribution < 1.29 is 24.2 Å². The predicted octanol–water partition coefficient (Wildman–Crippen LogP) is 3.57. The zero-order chi connectivity index (χ0) is 23.8. The number of rotatable bonds is 10. The molecular formula is C25H27N3O5. The first-order valence-corrected chi connectivity index (χ1v) is 10.9. The standard InChI is InChI=1S/C25H27N3O5/c1-16(14-23(29)30)27-24(31)22(12-6-7-13-26)28-25(32)33-15-21-19-10-4-2-8-17(19)18-9-3-5-11-20(18)21/h2-5,8-11,16,21-22H,6-7,12,14-15H2,1H3,(H,27,31)(H,28,32)(H,29,30). The van der Waals surface area contributed by atoms with Crippen LogP contribution in [0.2, 0.25) is 0 Å². The van der Waals surface area contributed by atoms with Gasteiger partial charge in [-0.15, -0.1) is 0 Å². The molecule has 0 fully saturated rings. The minimum Gasteiger partial charge on any atom is -0.481 e. The van der Waals surface area contributed by atoms with E-state index in [1.165, 1.54) is 0 Å². The van der Waals surface area contributed by atoms with Crippen LogP contribution in [0.1, 0.15) is 49.7 Å². The summed E-state index contributed by atoms with van der Waals surface area (Å²) in [5, 5.41) is 22.8. The smallest absolute Gasteiger partial charge is 0.407 e. The molecule has 1 aliphatic rings. The number of carboxylic acids is 1. The van der Waals surface area contributed by atoms with Gasteiger partial charge in [0.25, 0.3) is 0 Å². The molecule has 0 saturated carbocycles. The summed E-state index contributed by atoms with van der Waals surface area (Å²) < 4.78 is 5.51. The van der Waals surface area contributed by atoms with Crippen LogP contribution in [0.5, 0.6) is 0 Å². The number of amides is 2. The number of hydrogen-bond donors (Lipinski definition) is 3. The van der Waals surface area contributed by atoms with Crippen LogP contribution in [-0.2, 0) is 14.3 Å². The van der Waals surface area contributed by atoms with Crippen LogP contribution in [-0.4, -0.2) is 41.8 Å². The number of nitrogens with one attached hydrogen (secondary N) is 2. The molecule has 8 heteroatoms. The van der Waals surface area contributed by atoms with Gasteiger partial charge in [0.1, 0.15) is 12.6 Å². The number of alkyl carbamates (subject to hydrolysis) is 1. The number of carboxylic acid groups (broad SMARTS) is 1. The molecule has 0 radical (unpaired) electrons. The molecular weight excluding hydrogens is 422 g/mol. The lowest BCUT2D eigenvalue weighted by Gasteiger charge is -2.21. The predicted molar refractivity (Wildman–Crippen MR) is 121 cm³/mol. The molecule has 0 bridgehead atoms. The van der Waals surface area contributed by atoms with Gasteiger partial charge in [0, 0.05) is 18.4 Å². The number of hydrogen-bond acceptors (Lipinski definition) is 5. The van der Waals surface area contributed by atoms with E-state index in [1.54, 1.807) is 6.92 Å². The van der Waals surface area contributed by atoms with E-state index in [9.17, 15) is 14.4 Å². The third-order valence-corrected chi connectivity index (χ3v) is 5.60. The normalized spacial score (nSPS) is 13.7. The Bertz CT molecular complexity index is 1020. The molecule has 2 aromatic rings. The Kier molecular flexibility index (Phi) is 8.03. The van der Waals surface area contributed by atoms with Crippen molar-refractivity contribution in [2.45, 2.75) is 50.6 Å². The number of nitrogens with zero attached hydrogens (tertiary/aromatic N) is 1. The van der Waals surface area contributed by atoms with E-state index in [-0.39, 0.29) is 31.8 Å². The Morgan fingerprint density at radius 2 is 1.67 bits per heavy atom. The van der Waals surface area contributed by atoms with Crippen LogP contribution in [0.3, 0.4) is 0 Å². The number of benzene rings is 2. The van der Waals surface area contributed by atoms with Crippen LogP contribution >= 0.6 is 0 Å². The average Bonchev–Trinajstić information content (AvgIpc) is 3.10. The van der Waals surface area contributed by atoms with Gasteiger partial charge in [-0.2, -0.15) is 5.26 Å². The van der Waals surface area contributed by atoms with Gasteiger partial charge in [0.05, 0.1) is 12.5 Å². The van der Waals surface area contributed by atoms with Crippen molar-refractivity contribution in [1.29, 1.82) is 5.26 Å². The Morgan fingerprint density at radius 3 is 2.24 bits per heavy atom. The third kappa shape index (κ3) is 6.10. The maximum Gasteiger partial charge on any atom is 0.407 e. The summed E-state index contributed by atoms with van der Waals surface area (Å²) in [6, 6.07) is 16.5. The molecule has 0 spiro atoms. The summed E-state index contributed by atoms with van der Waals surface area (Å²) in [5.74, 6) is -1.65. The van der Waals surface area contributed by atoms with Gasteiger partial charge in [-0.3, -0.25) is 9.59 Å². The zero-order valence-electron chi connectivity index (χ0n) is 18.4. The molecule has 3 rings (SSSR count). The molecule has 0 aromatic heterocycles. The lowest BCUT2D eigenvalue weighted by atomic mass is 9.98. The molecule has 3 N–H and O–H groups in total. The molecule has 0 heterocycles. The molecule has 0 aliphatic heterocycles. The minimum absolute atomic E-state index is 0.107. The van der Waals surface area contributed by atoms with Gasteiger partial charge < -0.3 is 20.5 Å². The highest BCUT2D eigenvalue weighted by molar-refractivity contribution is 5.86. The van der Waals surface area contributed by atoms with Crippen LogP contribution < -0.4 is 10.6 Å². The number of nitriles is 1. The van der Waals surface area contributed by atoms with Crippen LogP contribution in [0.4, 0.5) is 4.79 Å². The summed E-state index contributed by atoms with van der Waals surface area (Å²) in [5.41, 5.74) is 4.39. The molecule has 2 aromatic carbocycles. The van der Waals surface area contributed by atoms with Crippen LogP contribution in [0, 0.1) is 11.3 Å². The van der Waals surface area contributed by atoms with E-state index in [0.29, 0.717) is 6.42 Å². The Morgan fingerprint density at radius 1 is 1.06 bits per heavy atom. The number of aliphatic carboxylic acids is 1. The van der Waals surface area contributed by atoms with Crippen molar-refractivity contribution in [3.8, 4) is 17.2 Å². The largest absolute Gasteiger partial charge is 0.481 e. The Hall–Kier alpha value is -3.86. The summed E-state index contributed by atoms with van der Waals surface area (Å²) in [7, 11) is 0. The third-order valence-electron chi connectivity index (χ3n) is 5.60. The molecule has 2 unspecified atom stereocenters. The number of unbranched alkanes of at least 4 members (excludes halogenated alkanes) is 1. The highest BCUT2D eigenvalue weighted by Gasteiger charge is 2.30. The Labute approximate surface area is 192 Å². The molecule has 2 amide bonds. The first-order valence-electron chi connectivity index (χ1n) is 10.9. The summed E-state index contributed by atoms with van der Waals surface area (Å²) in [4.78, 5) is 36.0.